The van der Waals surface area contributed by atoms with E-state index in [9.17, 15) is 9.59 Å². The zero-order valence-corrected chi connectivity index (χ0v) is 12.4. The summed E-state index contributed by atoms with van der Waals surface area (Å²) >= 11 is 1.49. The van der Waals surface area contributed by atoms with Crippen LogP contribution in [0.25, 0.3) is 0 Å². The van der Waals surface area contributed by atoms with E-state index < -0.39 is 12.1 Å². The Morgan fingerprint density at radius 1 is 1.18 bits per heavy atom. The first-order valence-electron chi connectivity index (χ1n) is 6.08. The lowest BCUT2D eigenvalue weighted by Gasteiger charge is -2.09. The minimum absolute atomic E-state index is 0.0863. The zero-order valence-electron chi connectivity index (χ0n) is 11.6. The van der Waals surface area contributed by atoms with E-state index in [0.29, 0.717) is 17.2 Å². The number of amides is 1. The van der Waals surface area contributed by atoms with Crippen molar-refractivity contribution in [3.8, 4) is 11.5 Å². The highest BCUT2D eigenvalue weighted by molar-refractivity contribution is 7.98. The van der Waals surface area contributed by atoms with Crippen LogP contribution in [-0.2, 0) is 4.74 Å². The van der Waals surface area contributed by atoms with Gasteiger partial charge in [0.15, 0.2) is 5.69 Å². The number of pyridine rings is 1. The molecule has 0 atom stereocenters. The summed E-state index contributed by atoms with van der Waals surface area (Å²) in [6.45, 7) is 0. The van der Waals surface area contributed by atoms with Gasteiger partial charge in [0.1, 0.15) is 11.5 Å². The molecule has 1 amide bonds. The summed E-state index contributed by atoms with van der Waals surface area (Å²) < 4.78 is 9.89. The quantitative estimate of drug-likeness (QED) is 0.384. The Bertz CT molecular complexity index is 721. The molecule has 2 rings (SSSR count). The van der Waals surface area contributed by atoms with Crippen molar-refractivity contribution in [3.05, 3.63) is 42.2 Å². The van der Waals surface area contributed by atoms with E-state index in [4.69, 9.17) is 16.2 Å². The van der Waals surface area contributed by atoms with E-state index in [1.807, 2.05) is 6.26 Å². The van der Waals surface area contributed by atoms with Crippen molar-refractivity contribution in [1.82, 2.24) is 4.98 Å². The summed E-state index contributed by atoms with van der Waals surface area (Å²) in [4.78, 5) is 26.8. The van der Waals surface area contributed by atoms with Gasteiger partial charge in [0, 0.05) is 22.8 Å². The third kappa shape index (κ3) is 3.89. The summed E-state index contributed by atoms with van der Waals surface area (Å²) in [5.41, 5.74) is 11.2. The number of nitrogens with zero attached hydrogens (tertiary/aromatic N) is 1. The second-order valence-corrected chi connectivity index (χ2v) is 4.94. The number of carbonyl (C=O) groups excluding carboxylic acids is 2. The number of aromatic nitrogens is 1. The number of thioether (sulfide) groups is 1. The molecule has 0 saturated heterocycles. The van der Waals surface area contributed by atoms with E-state index in [1.54, 1.807) is 24.3 Å². The molecular formula is C14H13N3O4S. The summed E-state index contributed by atoms with van der Waals surface area (Å²) in [6.07, 6.45) is 2.07. The molecule has 0 fully saturated rings. The first-order valence-corrected chi connectivity index (χ1v) is 7.31. The van der Waals surface area contributed by atoms with Crippen molar-refractivity contribution in [2.45, 2.75) is 4.90 Å². The molecular weight excluding hydrogens is 306 g/mol. The van der Waals surface area contributed by atoms with E-state index in [-0.39, 0.29) is 5.69 Å². The molecule has 0 bridgehead atoms. The van der Waals surface area contributed by atoms with Crippen LogP contribution in [-0.4, -0.2) is 23.3 Å². The molecule has 0 unspecified atom stereocenters. The number of ether oxygens (including phenoxy) is 2. The second kappa shape index (κ2) is 6.81. The van der Waals surface area contributed by atoms with Crippen LogP contribution in [0.4, 0.5) is 10.5 Å². The Hall–Kier alpha value is -2.74. The predicted octanol–water partition coefficient (Wildman–Crippen LogP) is 2.41. The lowest BCUT2D eigenvalue weighted by atomic mass is 10.3. The zero-order chi connectivity index (χ0) is 16.1. The fourth-order valence-corrected chi connectivity index (χ4v) is 2.16. The van der Waals surface area contributed by atoms with Gasteiger partial charge in [-0.2, -0.15) is 0 Å². The fourth-order valence-electron chi connectivity index (χ4n) is 1.62. The average Bonchev–Trinajstić information content (AvgIpc) is 2.49. The van der Waals surface area contributed by atoms with Crippen molar-refractivity contribution in [3.63, 3.8) is 0 Å². The molecule has 7 nitrogen and oxygen atoms in total. The maximum Gasteiger partial charge on any atom is 0.412 e. The number of benzene rings is 1. The Morgan fingerprint density at radius 3 is 2.59 bits per heavy atom. The van der Waals surface area contributed by atoms with E-state index >= 15 is 0 Å². The number of primary amides is 1. The van der Waals surface area contributed by atoms with Gasteiger partial charge in [-0.3, -0.25) is 0 Å². The molecule has 0 spiro atoms. The van der Waals surface area contributed by atoms with Crippen molar-refractivity contribution >= 4 is 29.5 Å². The van der Waals surface area contributed by atoms with E-state index in [2.05, 4.69) is 9.72 Å². The number of hydrogen-bond donors (Lipinski definition) is 2. The highest BCUT2D eigenvalue weighted by atomic mass is 32.2. The van der Waals surface area contributed by atoms with Crippen molar-refractivity contribution < 1.29 is 19.1 Å². The summed E-state index contributed by atoms with van der Waals surface area (Å²) in [6, 6.07) is 8.12. The van der Waals surface area contributed by atoms with Crippen molar-refractivity contribution in [2.24, 2.45) is 5.73 Å². The van der Waals surface area contributed by atoms with Gasteiger partial charge in [0.2, 0.25) is 0 Å². The lowest BCUT2D eigenvalue weighted by Crippen LogP contribution is -2.19. The summed E-state index contributed by atoms with van der Waals surface area (Å²) in [5.74, 6) is -0.0257. The van der Waals surface area contributed by atoms with Crippen LogP contribution in [0.1, 0.15) is 10.5 Å². The number of nitrogens with two attached hydrogens (primary N) is 2. The largest absolute Gasteiger partial charge is 0.457 e. The third-order valence-electron chi connectivity index (χ3n) is 2.57. The predicted molar refractivity (Wildman–Crippen MR) is 81.9 cm³/mol. The summed E-state index contributed by atoms with van der Waals surface area (Å²) in [7, 11) is 0. The van der Waals surface area contributed by atoms with E-state index in [1.165, 1.54) is 24.0 Å². The smallest absolute Gasteiger partial charge is 0.412 e. The van der Waals surface area contributed by atoms with Gasteiger partial charge in [0.05, 0.1) is 0 Å². The topological polar surface area (TPSA) is 118 Å². The van der Waals surface area contributed by atoms with Crippen LogP contribution in [0, 0.1) is 0 Å². The van der Waals surface area contributed by atoms with Crippen LogP contribution < -0.4 is 16.2 Å². The van der Waals surface area contributed by atoms with Crippen molar-refractivity contribution in [1.29, 1.82) is 0 Å². The van der Waals surface area contributed by atoms with Crippen molar-refractivity contribution in [2.75, 3.05) is 12.0 Å². The molecule has 22 heavy (non-hydrogen) atoms. The number of hydrogen-bond acceptors (Lipinski definition) is 7. The van der Waals surface area contributed by atoms with Gasteiger partial charge in [-0.15, -0.1) is 11.8 Å². The molecule has 0 aliphatic rings. The van der Waals surface area contributed by atoms with Crippen LogP contribution in [0.3, 0.4) is 0 Å². The molecule has 1 aromatic carbocycles. The molecule has 4 N–H and O–H groups in total. The molecule has 2 aromatic rings. The lowest BCUT2D eigenvalue weighted by molar-refractivity contribution is 0.0631. The van der Waals surface area contributed by atoms with Crippen LogP contribution >= 0.6 is 11.8 Å². The van der Waals surface area contributed by atoms with Crippen LogP contribution in [0.5, 0.6) is 11.5 Å². The van der Waals surface area contributed by atoms with Crippen LogP contribution in [0.15, 0.2) is 41.4 Å². The van der Waals surface area contributed by atoms with Crippen LogP contribution in [0.2, 0.25) is 0 Å². The minimum atomic E-state index is -1.19. The molecule has 114 valence electrons. The maximum atomic E-state index is 11.5. The molecule has 1 aromatic heterocycles. The van der Waals surface area contributed by atoms with Gasteiger partial charge < -0.3 is 20.9 Å². The highest BCUT2D eigenvalue weighted by Crippen LogP contribution is 2.30. The molecule has 0 aliphatic heterocycles. The van der Waals surface area contributed by atoms with Gasteiger partial charge in [-0.1, -0.05) is 0 Å². The maximum absolute atomic E-state index is 11.5. The Balaban J connectivity index is 2.20. The Labute approximate surface area is 130 Å². The monoisotopic (exact) mass is 319 g/mol. The number of rotatable bonds is 4. The SMILES string of the molecule is CSc1cc(Oc2ccnc(C(=O)OC(N)=O)c2)ccc1N. The van der Waals surface area contributed by atoms with Gasteiger partial charge >= 0.3 is 12.1 Å². The normalized spacial score (nSPS) is 10.0. The number of esters is 1. The average molecular weight is 319 g/mol. The first kappa shape index (κ1) is 15.6. The first-order chi connectivity index (χ1) is 10.5. The fraction of sp³-hybridized carbons (Fsp3) is 0.0714. The minimum Gasteiger partial charge on any atom is -0.457 e. The number of nitrogen functional groups attached to an aromatic ring is 1. The third-order valence-corrected chi connectivity index (χ3v) is 3.37. The molecule has 0 aliphatic carbocycles. The highest BCUT2D eigenvalue weighted by Gasteiger charge is 2.13. The number of anilines is 1. The van der Waals surface area contributed by atoms with Gasteiger partial charge in [0.25, 0.3) is 0 Å². The molecule has 8 heteroatoms. The second-order valence-electron chi connectivity index (χ2n) is 4.09. The molecule has 0 saturated carbocycles. The van der Waals surface area contributed by atoms with E-state index in [0.717, 1.165) is 4.90 Å². The Kier molecular flexibility index (Phi) is 4.84. The number of carbonyl (C=O) groups is 2. The van der Waals surface area contributed by atoms with Gasteiger partial charge in [-0.05, 0) is 30.5 Å². The molecule has 1 heterocycles. The summed E-state index contributed by atoms with van der Waals surface area (Å²) in [5, 5.41) is 0. The van der Waals surface area contributed by atoms with Gasteiger partial charge in [-0.25, -0.2) is 14.6 Å². The molecule has 0 radical (unpaired) electrons. The standard InChI is InChI=1S/C14H13N3O4S/c1-22-12-7-8(2-3-10(12)15)20-9-4-5-17-11(6-9)13(18)21-14(16)19/h2-7H,15H2,1H3,(H2,16,19). The Morgan fingerprint density at radius 2 is 1.91 bits per heavy atom.